The summed E-state index contributed by atoms with van der Waals surface area (Å²) in [7, 11) is -3.78. The van der Waals surface area contributed by atoms with Crippen LogP contribution in [0.5, 0.6) is 0 Å². The Labute approximate surface area is 164 Å². The number of carbonyl (C=O) groups is 2. The molecular weight excluding hydrogens is 410 g/mol. The summed E-state index contributed by atoms with van der Waals surface area (Å²) >= 11 is 1.45. The Morgan fingerprint density at radius 1 is 1.14 bits per heavy atom. The summed E-state index contributed by atoms with van der Waals surface area (Å²) in [5.74, 6) is -2.86. The Morgan fingerprint density at radius 2 is 1.93 bits per heavy atom. The minimum atomic E-state index is -3.78. The summed E-state index contributed by atoms with van der Waals surface area (Å²) < 4.78 is 51.1. The Hall–Kier alpha value is -2.46. The zero-order valence-corrected chi connectivity index (χ0v) is 16.1. The molecule has 6 nitrogen and oxygen atoms in total. The third-order valence-corrected chi connectivity index (χ3v) is 6.76. The van der Waals surface area contributed by atoms with Gasteiger partial charge in [-0.05, 0) is 30.3 Å². The van der Waals surface area contributed by atoms with Crippen LogP contribution < -0.4 is 10.6 Å². The van der Waals surface area contributed by atoms with Gasteiger partial charge in [0.2, 0.25) is 11.8 Å². The van der Waals surface area contributed by atoms with Gasteiger partial charge in [-0.2, -0.15) is 0 Å². The summed E-state index contributed by atoms with van der Waals surface area (Å²) in [6.07, 6.45) is -0.0227. The molecule has 0 saturated carbocycles. The first-order valence-corrected chi connectivity index (χ1v) is 10.9. The molecule has 0 fully saturated rings. The lowest BCUT2D eigenvalue weighted by molar-refractivity contribution is -0.116. The smallest absolute Gasteiger partial charge is 0.225 e. The zero-order chi connectivity index (χ0) is 20.3. The average Bonchev–Trinajstić information content (AvgIpc) is 2.83. The van der Waals surface area contributed by atoms with Crippen LogP contribution in [0.25, 0.3) is 0 Å². The molecule has 10 heteroatoms. The molecule has 2 aromatic carbocycles. The molecule has 0 spiro atoms. The van der Waals surface area contributed by atoms with Crippen LogP contribution in [0.4, 0.5) is 20.2 Å². The van der Waals surface area contributed by atoms with Gasteiger partial charge in [0.1, 0.15) is 0 Å². The minimum Gasteiger partial charge on any atom is -0.326 e. The van der Waals surface area contributed by atoms with Crippen molar-refractivity contribution in [2.24, 2.45) is 0 Å². The summed E-state index contributed by atoms with van der Waals surface area (Å²) in [4.78, 5) is 24.4. The molecule has 148 valence electrons. The fourth-order valence-corrected chi connectivity index (χ4v) is 4.73. The van der Waals surface area contributed by atoms with Crippen molar-refractivity contribution in [2.45, 2.75) is 22.6 Å². The van der Waals surface area contributed by atoms with Crippen LogP contribution in [0.15, 0.2) is 46.2 Å². The van der Waals surface area contributed by atoms with Crippen LogP contribution in [-0.2, 0) is 19.4 Å². The Bertz CT molecular complexity index is 1040. The predicted molar refractivity (Wildman–Crippen MR) is 102 cm³/mol. The second-order valence-electron chi connectivity index (χ2n) is 6.05. The summed E-state index contributed by atoms with van der Waals surface area (Å²) in [6, 6.07) is 7.30. The van der Waals surface area contributed by atoms with E-state index in [1.54, 1.807) is 6.07 Å². The van der Waals surface area contributed by atoms with Crippen LogP contribution in [0.3, 0.4) is 0 Å². The fourth-order valence-electron chi connectivity index (χ4n) is 2.53. The minimum absolute atomic E-state index is 0.00493. The highest BCUT2D eigenvalue weighted by atomic mass is 32.2. The lowest BCUT2D eigenvalue weighted by Crippen LogP contribution is -2.18. The standard InChI is InChI=1S/C18H16F2N2O4S2/c19-13-3-1-11(9-14(13)20)21-18(24)6-8-28(25,26)12-2-4-16-15(10-12)22-17(23)5-7-27-16/h1-4,9-10H,5-8H2,(H,21,24)(H,22,23). The monoisotopic (exact) mass is 426 g/mol. The van der Waals surface area contributed by atoms with Crippen LogP contribution >= 0.6 is 11.8 Å². The first-order valence-electron chi connectivity index (χ1n) is 8.29. The number of nitrogens with one attached hydrogen (secondary N) is 2. The number of thioether (sulfide) groups is 1. The number of carbonyl (C=O) groups excluding carboxylic acids is 2. The van der Waals surface area contributed by atoms with Crippen molar-refractivity contribution < 1.29 is 26.8 Å². The van der Waals surface area contributed by atoms with Gasteiger partial charge in [0.25, 0.3) is 0 Å². The van der Waals surface area contributed by atoms with Crippen molar-refractivity contribution in [3.63, 3.8) is 0 Å². The molecule has 2 amide bonds. The number of halogens is 2. The van der Waals surface area contributed by atoms with Gasteiger partial charge in [-0.3, -0.25) is 9.59 Å². The van der Waals surface area contributed by atoms with E-state index in [4.69, 9.17) is 0 Å². The number of fused-ring (bicyclic) bond motifs is 1. The lowest BCUT2D eigenvalue weighted by atomic mass is 10.3. The van der Waals surface area contributed by atoms with Gasteiger partial charge in [0.15, 0.2) is 21.5 Å². The first kappa shape index (κ1) is 20.3. The van der Waals surface area contributed by atoms with Crippen molar-refractivity contribution in [1.82, 2.24) is 0 Å². The van der Waals surface area contributed by atoms with Gasteiger partial charge in [-0.25, -0.2) is 17.2 Å². The molecule has 0 aliphatic carbocycles. The van der Waals surface area contributed by atoms with E-state index in [0.717, 1.165) is 17.0 Å². The van der Waals surface area contributed by atoms with E-state index in [9.17, 15) is 26.8 Å². The molecule has 2 N–H and O–H groups in total. The largest absolute Gasteiger partial charge is 0.326 e. The molecule has 0 atom stereocenters. The number of rotatable bonds is 5. The topological polar surface area (TPSA) is 92.3 Å². The number of anilines is 2. The molecule has 0 radical (unpaired) electrons. The van der Waals surface area contributed by atoms with Crippen LogP contribution in [0.2, 0.25) is 0 Å². The number of hydrogen-bond donors (Lipinski definition) is 2. The molecule has 0 saturated heterocycles. The van der Waals surface area contributed by atoms with Gasteiger partial charge in [-0.1, -0.05) is 0 Å². The van der Waals surface area contributed by atoms with Gasteiger partial charge < -0.3 is 10.6 Å². The first-order chi connectivity index (χ1) is 13.2. The van der Waals surface area contributed by atoms with Crippen molar-refractivity contribution in [2.75, 3.05) is 22.1 Å². The summed E-state index contributed by atoms with van der Waals surface area (Å²) in [6.45, 7) is 0. The third kappa shape index (κ3) is 4.87. The van der Waals surface area contributed by atoms with Crippen molar-refractivity contribution in [1.29, 1.82) is 0 Å². The van der Waals surface area contributed by atoms with E-state index < -0.39 is 33.1 Å². The molecule has 1 aliphatic heterocycles. The van der Waals surface area contributed by atoms with Crippen LogP contribution in [-0.4, -0.2) is 31.7 Å². The van der Waals surface area contributed by atoms with Crippen molar-refractivity contribution >= 4 is 44.8 Å². The van der Waals surface area contributed by atoms with Crippen LogP contribution in [0, 0.1) is 11.6 Å². The zero-order valence-electron chi connectivity index (χ0n) is 14.5. The maximum absolute atomic E-state index is 13.2. The number of benzene rings is 2. The maximum Gasteiger partial charge on any atom is 0.225 e. The number of amides is 2. The lowest BCUT2D eigenvalue weighted by Gasteiger charge is -2.10. The predicted octanol–water partition coefficient (Wildman–Crippen LogP) is 3.20. The van der Waals surface area contributed by atoms with Gasteiger partial charge in [-0.15, -0.1) is 11.8 Å². The Morgan fingerprint density at radius 3 is 2.68 bits per heavy atom. The molecule has 0 unspecified atom stereocenters. The van der Waals surface area contributed by atoms with Gasteiger partial charge >= 0.3 is 0 Å². The SMILES string of the molecule is O=C(CCS(=O)(=O)c1ccc2c(c1)NC(=O)CCS2)Nc1ccc(F)c(F)c1. The van der Waals surface area contributed by atoms with E-state index in [1.165, 1.54) is 30.0 Å². The van der Waals surface area contributed by atoms with E-state index >= 15 is 0 Å². The van der Waals surface area contributed by atoms with E-state index in [1.807, 2.05) is 0 Å². The molecule has 1 heterocycles. The van der Waals surface area contributed by atoms with Gasteiger partial charge in [0.05, 0.1) is 16.3 Å². The van der Waals surface area contributed by atoms with Gasteiger partial charge in [0, 0.05) is 35.2 Å². The average molecular weight is 426 g/mol. The molecule has 3 rings (SSSR count). The molecule has 0 bridgehead atoms. The Balaban J connectivity index is 1.67. The third-order valence-electron chi connectivity index (χ3n) is 3.97. The van der Waals surface area contributed by atoms with Crippen molar-refractivity contribution in [3.8, 4) is 0 Å². The summed E-state index contributed by atoms with van der Waals surface area (Å²) in [5.41, 5.74) is 0.464. The highest BCUT2D eigenvalue weighted by molar-refractivity contribution is 7.99. The quantitative estimate of drug-likeness (QED) is 0.766. The van der Waals surface area contributed by atoms with E-state index in [2.05, 4.69) is 10.6 Å². The second-order valence-corrected chi connectivity index (χ2v) is 9.30. The highest BCUT2D eigenvalue weighted by Gasteiger charge is 2.20. The number of hydrogen-bond acceptors (Lipinski definition) is 5. The Kier molecular flexibility index (Phi) is 5.99. The summed E-state index contributed by atoms with van der Waals surface area (Å²) in [5, 5.41) is 5.00. The normalized spacial score (nSPS) is 14.0. The van der Waals surface area contributed by atoms with Crippen molar-refractivity contribution in [3.05, 3.63) is 48.0 Å². The highest BCUT2D eigenvalue weighted by Crippen LogP contribution is 2.33. The van der Waals surface area contributed by atoms with Crippen LogP contribution in [0.1, 0.15) is 12.8 Å². The van der Waals surface area contributed by atoms with E-state index in [-0.39, 0.29) is 22.9 Å². The maximum atomic E-state index is 13.2. The molecule has 2 aromatic rings. The molecule has 0 aromatic heterocycles. The molecule has 28 heavy (non-hydrogen) atoms. The molecule has 1 aliphatic rings. The second kappa shape index (κ2) is 8.27. The van der Waals surface area contributed by atoms with E-state index in [0.29, 0.717) is 17.9 Å². The number of sulfone groups is 1. The fraction of sp³-hybridized carbons (Fsp3) is 0.222. The molecular formula is C18H16F2N2O4S2.